The van der Waals surface area contributed by atoms with Gasteiger partial charge in [0.15, 0.2) is 0 Å². The van der Waals surface area contributed by atoms with Crippen LogP contribution >= 0.6 is 0 Å². The minimum atomic E-state index is -4.64. The topological polar surface area (TPSA) is 102 Å². The van der Waals surface area contributed by atoms with Gasteiger partial charge in [-0.1, -0.05) is 0 Å². The van der Waals surface area contributed by atoms with Crippen LogP contribution in [0.5, 0.6) is 0 Å². The Morgan fingerprint density at radius 3 is 2.43 bits per heavy atom. The van der Waals surface area contributed by atoms with Gasteiger partial charge in [-0.25, -0.2) is 4.79 Å². The maximum atomic E-state index is 13.3. The number of piperidine rings is 1. The summed E-state index contributed by atoms with van der Waals surface area (Å²) in [5.74, 6) is -0.902. The van der Waals surface area contributed by atoms with Gasteiger partial charge in [0.2, 0.25) is 5.91 Å². The van der Waals surface area contributed by atoms with E-state index in [-0.39, 0.29) is 24.4 Å². The fraction of sp³-hybridized carbons (Fsp3) is 0.550. The standard InChI is InChI=1S/C20H24F3N5O2/c1-26-19(30)27-6-4-12(5-7-27)15-10-28(11-16(15)18(25)29)14-3-2-13(9-24)17(8-14)20(21,22)23/h2-3,8,12,15-16H,4-7,10-11H2,1H3,(H2,25,29)(H,26,30)/t15-,16+/m0/s1. The number of amides is 3. The molecule has 10 heteroatoms. The van der Waals surface area contributed by atoms with Gasteiger partial charge in [-0.2, -0.15) is 18.4 Å². The van der Waals surface area contributed by atoms with Crippen LogP contribution in [-0.4, -0.2) is 50.1 Å². The molecule has 2 fully saturated rings. The number of halogens is 3. The first-order valence-electron chi connectivity index (χ1n) is 9.78. The van der Waals surface area contributed by atoms with Gasteiger partial charge in [0, 0.05) is 38.9 Å². The van der Waals surface area contributed by atoms with E-state index in [1.54, 1.807) is 22.9 Å². The summed E-state index contributed by atoms with van der Waals surface area (Å²) in [5.41, 5.74) is 4.51. The fourth-order valence-corrected chi connectivity index (χ4v) is 4.57. The molecule has 0 aromatic heterocycles. The maximum absolute atomic E-state index is 13.3. The molecular weight excluding hydrogens is 399 g/mol. The number of hydrogen-bond donors (Lipinski definition) is 2. The molecule has 2 heterocycles. The Balaban J connectivity index is 1.79. The van der Waals surface area contributed by atoms with Gasteiger partial charge < -0.3 is 20.9 Å². The molecule has 0 bridgehead atoms. The lowest BCUT2D eigenvalue weighted by Crippen LogP contribution is -2.45. The third-order valence-electron chi connectivity index (χ3n) is 6.17. The number of primary amides is 1. The van der Waals surface area contributed by atoms with Crippen LogP contribution in [0.25, 0.3) is 0 Å². The van der Waals surface area contributed by atoms with Crippen molar-refractivity contribution in [1.29, 1.82) is 5.26 Å². The van der Waals surface area contributed by atoms with Gasteiger partial charge in [0.05, 0.1) is 23.1 Å². The first-order chi connectivity index (χ1) is 14.2. The summed E-state index contributed by atoms with van der Waals surface area (Å²) in [6.07, 6.45) is -3.23. The van der Waals surface area contributed by atoms with E-state index in [1.165, 1.54) is 6.07 Å². The van der Waals surface area contributed by atoms with E-state index >= 15 is 0 Å². The van der Waals surface area contributed by atoms with Crippen molar-refractivity contribution in [3.63, 3.8) is 0 Å². The van der Waals surface area contributed by atoms with Crippen LogP contribution in [-0.2, 0) is 11.0 Å². The van der Waals surface area contributed by atoms with Crippen molar-refractivity contribution in [3.05, 3.63) is 29.3 Å². The third-order valence-corrected chi connectivity index (χ3v) is 6.17. The number of nitrogens with zero attached hydrogens (tertiary/aromatic N) is 3. The predicted molar refractivity (Wildman–Crippen MR) is 103 cm³/mol. The van der Waals surface area contributed by atoms with Gasteiger partial charge in [0.25, 0.3) is 0 Å². The molecule has 2 atom stereocenters. The Morgan fingerprint density at radius 2 is 1.90 bits per heavy atom. The van der Waals surface area contributed by atoms with E-state index < -0.39 is 29.1 Å². The highest BCUT2D eigenvalue weighted by molar-refractivity contribution is 5.79. The Labute approximate surface area is 172 Å². The van der Waals surface area contributed by atoms with Crippen LogP contribution in [0.4, 0.5) is 23.7 Å². The molecule has 0 saturated carbocycles. The zero-order valence-corrected chi connectivity index (χ0v) is 16.6. The van der Waals surface area contributed by atoms with Crippen LogP contribution in [0, 0.1) is 29.1 Å². The number of urea groups is 1. The fourth-order valence-electron chi connectivity index (χ4n) is 4.57. The highest BCUT2D eigenvalue weighted by atomic mass is 19.4. The van der Waals surface area contributed by atoms with E-state index in [9.17, 15) is 22.8 Å². The quantitative estimate of drug-likeness (QED) is 0.778. The van der Waals surface area contributed by atoms with Crippen molar-refractivity contribution in [2.45, 2.75) is 19.0 Å². The first kappa shape index (κ1) is 21.7. The predicted octanol–water partition coefficient (Wildman–Crippen LogP) is 2.17. The summed E-state index contributed by atoms with van der Waals surface area (Å²) in [6, 6.07) is 5.03. The summed E-state index contributed by atoms with van der Waals surface area (Å²) >= 11 is 0. The Bertz CT molecular complexity index is 859. The minimum absolute atomic E-state index is 0.0979. The van der Waals surface area contributed by atoms with Crippen LogP contribution in [0.1, 0.15) is 24.0 Å². The average Bonchev–Trinajstić information content (AvgIpc) is 3.18. The molecule has 3 amide bonds. The van der Waals surface area contributed by atoms with E-state index in [0.29, 0.717) is 38.2 Å². The Kier molecular flexibility index (Phi) is 6.10. The van der Waals surface area contributed by atoms with Gasteiger partial charge in [0.1, 0.15) is 0 Å². The molecule has 2 aliphatic rings. The molecule has 0 radical (unpaired) electrons. The van der Waals surface area contributed by atoms with Crippen molar-refractivity contribution in [2.24, 2.45) is 23.5 Å². The molecule has 0 spiro atoms. The monoisotopic (exact) mass is 423 g/mol. The SMILES string of the molecule is CNC(=O)N1CCC([C@@H]2CN(c3ccc(C#N)c(C(F)(F)F)c3)C[C@H]2C(N)=O)CC1. The van der Waals surface area contributed by atoms with Crippen LogP contribution in [0.15, 0.2) is 18.2 Å². The number of rotatable bonds is 3. The molecular formula is C20H24F3N5O2. The summed E-state index contributed by atoms with van der Waals surface area (Å²) in [7, 11) is 1.57. The largest absolute Gasteiger partial charge is 0.417 e. The number of alkyl halides is 3. The van der Waals surface area contributed by atoms with Gasteiger partial charge in [-0.3, -0.25) is 4.79 Å². The van der Waals surface area contributed by atoms with Crippen LogP contribution in [0.2, 0.25) is 0 Å². The molecule has 1 aromatic rings. The Hall–Kier alpha value is -2.96. The number of nitrogens with one attached hydrogen (secondary N) is 1. The zero-order valence-electron chi connectivity index (χ0n) is 16.6. The number of carbonyl (C=O) groups is 2. The van der Waals surface area contributed by atoms with Crippen LogP contribution < -0.4 is 16.0 Å². The summed E-state index contributed by atoms with van der Waals surface area (Å²) in [5, 5.41) is 11.6. The van der Waals surface area contributed by atoms with Crippen molar-refractivity contribution in [1.82, 2.24) is 10.2 Å². The Morgan fingerprint density at radius 1 is 1.23 bits per heavy atom. The summed E-state index contributed by atoms with van der Waals surface area (Å²) in [4.78, 5) is 27.3. The average molecular weight is 423 g/mol. The first-order valence-corrected chi connectivity index (χ1v) is 9.78. The number of likely N-dealkylation sites (tertiary alicyclic amines) is 1. The summed E-state index contributed by atoms with van der Waals surface area (Å²) < 4.78 is 40.0. The number of carbonyl (C=O) groups excluding carboxylic acids is 2. The second-order valence-corrected chi connectivity index (χ2v) is 7.80. The smallest absolute Gasteiger partial charge is 0.370 e. The van der Waals surface area contributed by atoms with E-state index in [1.807, 2.05) is 0 Å². The van der Waals surface area contributed by atoms with Crippen molar-refractivity contribution >= 4 is 17.6 Å². The number of nitriles is 1. The van der Waals surface area contributed by atoms with Crippen molar-refractivity contribution in [2.75, 3.05) is 38.1 Å². The second kappa shape index (κ2) is 8.42. The molecule has 7 nitrogen and oxygen atoms in total. The normalized spacial score (nSPS) is 22.6. The van der Waals surface area contributed by atoms with Crippen molar-refractivity contribution < 1.29 is 22.8 Å². The molecule has 162 valence electrons. The molecule has 0 unspecified atom stereocenters. The van der Waals surface area contributed by atoms with E-state index in [2.05, 4.69) is 5.32 Å². The lowest BCUT2D eigenvalue weighted by atomic mass is 9.78. The second-order valence-electron chi connectivity index (χ2n) is 7.80. The minimum Gasteiger partial charge on any atom is -0.370 e. The molecule has 3 rings (SSSR count). The maximum Gasteiger partial charge on any atom is 0.417 e. The molecule has 30 heavy (non-hydrogen) atoms. The molecule has 3 N–H and O–H groups in total. The number of nitrogens with two attached hydrogens (primary N) is 1. The molecule has 0 aliphatic carbocycles. The zero-order chi connectivity index (χ0) is 22.1. The number of anilines is 1. The molecule has 2 aliphatic heterocycles. The number of benzene rings is 1. The van der Waals surface area contributed by atoms with Crippen molar-refractivity contribution in [3.8, 4) is 6.07 Å². The lowest BCUT2D eigenvalue weighted by Gasteiger charge is -2.35. The molecule has 2 saturated heterocycles. The van der Waals surface area contributed by atoms with Gasteiger partial charge >= 0.3 is 12.2 Å². The van der Waals surface area contributed by atoms with Gasteiger partial charge in [-0.05, 0) is 42.9 Å². The van der Waals surface area contributed by atoms with Crippen LogP contribution in [0.3, 0.4) is 0 Å². The third kappa shape index (κ3) is 4.30. The number of hydrogen-bond acceptors (Lipinski definition) is 4. The van der Waals surface area contributed by atoms with Gasteiger partial charge in [-0.15, -0.1) is 0 Å². The van der Waals surface area contributed by atoms with E-state index in [0.717, 1.165) is 12.1 Å². The summed E-state index contributed by atoms with van der Waals surface area (Å²) in [6.45, 7) is 1.75. The highest BCUT2D eigenvalue weighted by Gasteiger charge is 2.43. The lowest BCUT2D eigenvalue weighted by molar-refractivity contribution is -0.137. The molecule has 1 aromatic carbocycles. The van der Waals surface area contributed by atoms with E-state index in [4.69, 9.17) is 11.0 Å². The highest BCUT2D eigenvalue weighted by Crippen LogP contribution is 2.40.